The van der Waals surface area contributed by atoms with Crippen molar-refractivity contribution in [3.05, 3.63) is 71.3 Å². The number of anilines is 1. The summed E-state index contributed by atoms with van der Waals surface area (Å²) in [6, 6.07) is 11.1. The molecule has 186 valence electrons. The average Bonchev–Trinajstić information content (AvgIpc) is 3.27. The molecule has 2 aromatic carbocycles. The minimum Gasteiger partial charge on any atom is -0.389 e. The smallest absolute Gasteiger partial charge is 0.389 e. The van der Waals surface area contributed by atoms with Crippen molar-refractivity contribution in [2.75, 3.05) is 18.4 Å². The van der Waals surface area contributed by atoms with Crippen LogP contribution in [-0.4, -0.2) is 56.0 Å². The second-order valence-electron chi connectivity index (χ2n) is 8.67. The maximum Gasteiger partial charge on any atom is 0.412 e. The van der Waals surface area contributed by atoms with Crippen LogP contribution in [0.2, 0.25) is 0 Å². The molecule has 4 rings (SSSR count). The van der Waals surface area contributed by atoms with Gasteiger partial charge >= 0.3 is 6.18 Å². The van der Waals surface area contributed by atoms with Crippen LogP contribution < -0.4 is 5.32 Å². The first-order valence-corrected chi connectivity index (χ1v) is 11.7. The molecule has 1 saturated heterocycles. The number of thiazole rings is 1. The number of benzene rings is 2. The number of nitrogens with zero attached hydrogens (tertiary/aromatic N) is 2. The van der Waals surface area contributed by atoms with Gasteiger partial charge in [-0.2, -0.15) is 13.2 Å². The van der Waals surface area contributed by atoms with E-state index >= 15 is 0 Å². The number of nitrogens with one attached hydrogen (secondary N) is 1. The van der Waals surface area contributed by atoms with Crippen molar-refractivity contribution >= 4 is 33.1 Å². The number of alkyl halides is 3. The molecule has 1 aromatic heterocycles. The summed E-state index contributed by atoms with van der Waals surface area (Å²) >= 11 is 1.37. The van der Waals surface area contributed by atoms with Crippen molar-refractivity contribution in [2.45, 2.75) is 37.0 Å². The monoisotopic (exact) mass is 507 g/mol. The van der Waals surface area contributed by atoms with Gasteiger partial charge in [0.2, 0.25) is 0 Å². The molecule has 3 aromatic rings. The highest BCUT2D eigenvalue weighted by molar-refractivity contribution is 7.16. The van der Waals surface area contributed by atoms with Crippen LogP contribution in [0.25, 0.3) is 10.2 Å². The lowest BCUT2D eigenvalue weighted by atomic mass is 9.85. The van der Waals surface area contributed by atoms with Crippen LogP contribution in [-0.2, 0) is 5.91 Å². The van der Waals surface area contributed by atoms with Crippen LogP contribution in [0.15, 0.2) is 60.1 Å². The Balaban J connectivity index is 1.39. The van der Waals surface area contributed by atoms with Gasteiger partial charge in [-0.25, -0.2) is 4.98 Å². The summed E-state index contributed by atoms with van der Waals surface area (Å²) < 4.78 is 39.1. The van der Waals surface area contributed by atoms with Crippen molar-refractivity contribution in [3.63, 3.8) is 0 Å². The zero-order valence-corrected chi connectivity index (χ0v) is 19.4. The molecule has 1 amide bonds. The zero-order chi connectivity index (χ0) is 25.4. The number of likely N-dealkylation sites (tertiary alicyclic amines) is 1. The van der Waals surface area contributed by atoms with E-state index in [-0.39, 0.29) is 37.4 Å². The molecule has 4 N–H and O–H groups in total. The third kappa shape index (κ3) is 5.48. The highest BCUT2D eigenvalue weighted by Gasteiger charge is 2.41. The summed E-state index contributed by atoms with van der Waals surface area (Å²) in [6.07, 6.45) is -5.14. The van der Waals surface area contributed by atoms with E-state index in [0.717, 1.165) is 4.70 Å². The Morgan fingerprint density at radius 3 is 2.43 bits per heavy atom. The Labute approximate surface area is 203 Å². The molecule has 7 nitrogen and oxygen atoms in total. The Bertz CT molecular complexity index is 1230. The van der Waals surface area contributed by atoms with Gasteiger partial charge in [0.15, 0.2) is 0 Å². The maximum atomic E-state index is 12.8. The summed E-state index contributed by atoms with van der Waals surface area (Å²) in [6.45, 7) is 3.23. The van der Waals surface area contributed by atoms with Gasteiger partial charge in [0.1, 0.15) is 0 Å². The summed E-state index contributed by atoms with van der Waals surface area (Å²) in [5.41, 5.74) is 0.386. The molecule has 0 radical (unpaired) electrons. The number of para-hydroxylation sites is 1. The van der Waals surface area contributed by atoms with E-state index in [1.54, 1.807) is 17.6 Å². The lowest BCUT2D eigenvalue weighted by molar-refractivity contribution is -0.142. The number of hydrogen-bond acceptors (Lipinski definition) is 7. The summed E-state index contributed by atoms with van der Waals surface area (Å²) in [4.78, 5) is 18.5. The molecule has 1 aliphatic heterocycles. The van der Waals surface area contributed by atoms with Gasteiger partial charge in [0.25, 0.3) is 11.8 Å². The predicted molar refractivity (Wildman–Crippen MR) is 126 cm³/mol. The van der Waals surface area contributed by atoms with Crippen molar-refractivity contribution < 1.29 is 33.3 Å². The number of carbonyl (C=O) groups excluding carboxylic acids is 1. The maximum absolute atomic E-state index is 12.8. The Morgan fingerprint density at radius 2 is 1.80 bits per heavy atom. The fourth-order valence-electron chi connectivity index (χ4n) is 4.12. The predicted octanol–water partition coefficient (Wildman–Crippen LogP) is 3.98. The standard InChI is InChI=1S/C24H24F3N3O4S/c1-15(23(25,26)27)13-22(32)9-11-30(12-10-22)21(31)16-5-7-17(8-6-16)29-24(33,34)18-3-2-4-19-20(18)28-14-35-19/h2-8,14,29,32-34H,1,9-13H2. The number of hydrogen-bond donors (Lipinski definition) is 4. The zero-order valence-electron chi connectivity index (χ0n) is 18.5. The second-order valence-corrected chi connectivity index (χ2v) is 9.56. The number of aromatic nitrogens is 1. The molecule has 0 spiro atoms. The van der Waals surface area contributed by atoms with Crippen LogP contribution in [0.4, 0.5) is 18.9 Å². The molecule has 2 heterocycles. The first-order chi connectivity index (χ1) is 16.4. The normalized spacial score (nSPS) is 16.3. The van der Waals surface area contributed by atoms with Crippen LogP contribution in [0.1, 0.15) is 35.2 Å². The van der Waals surface area contributed by atoms with E-state index in [4.69, 9.17) is 0 Å². The Morgan fingerprint density at radius 1 is 1.14 bits per heavy atom. The fourth-order valence-corrected chi connectivity index (χ4v) is 4.82. The van der Waals surface area contributed by atoms with Gasteiger partial charge in [-0.05, 0) is 49.2 Å². The lowest BCUT2D eigenvalue weighted by Crippen LogP contribution is -2.47. The fraction of sp³-hybridized carbons (Fsp3) is 0.333. The number of piperidine rings is 1. The minimum absolute atomic E-state index is 0.00713. The van der Waals surface area contributed by atoms with Crippen LogP contribution in [0.5, 0.6) is 0 Å². The number of amides is 1. The number of rotatable bonds is 6. The van der Waals surface area contributed by atoms with Gasteiger partial charge in [-0.15, -0.1) is 11.3 Å². The summed E-state index contributed by atoms with van der Waals surface area (Å²) in [7, 11) is 0. The highest BCUT2D eigenvalue weighted by atomic mass is 32.1. The van der Waals surface area contributed by atoms with E-state index in [1.807, 2.05) is 6.07 Å². The molecular weight excluding hydrogens is 483 g/mol. The molecule has 0 unspecified atom stereocenters. The van der Waals surface area contributed by atoms with Crippen LogP contribution in [0.3, 0.4) is 0 Å². The molecule has 0 saturated carbocycles. The van der Waals surface area contributed by atoms with Crippen molar-refractivity contribution in [1.29, 1.82) is 0 Å². The van der Waals surface area contributed by atoms with Crippen LogP contribution >= 0.6 is 11.3 Å². The van der Waals surface area contributed by atoms with E-state index in [1.165, 1.54) is 40.5 Å². The van der Waals surface area contributed by atoms with Crippen molar-refractivity contribution in [1.82, 2.24) is 9.88 Å². The van der Waals surface area contributed by atoms with Crippen molar-refractivity contribution in [2.24, 2.45) is 0 Å². The first kappa shape index (κ1) is 25.1. The second kappa shape index (κ2) is 9.23. The first-order valence-electron chi connectivity index (χ1n) is 10.8. The molecule has 0 bridgehead atoms. The van der Waals surface area contributed by atoms with Crippen LogP contribution in [0, 0.1) is 0 Å². The quantitative estimate of drug-likeness (QED) is 0.297. The average molecular weight is 508 g/mol. The van der Waals surface area contributed by atoms with E-state index in [0.29, 0.717) is 16.8 Å². The Hall–Kier alpha value is -2.99. The molecule has 0 atom stereocenters. The largest absolute Gasteiger partial charge is 0.412 e. The Kier molecular flexibility index (Phi) is 6.62. The van der Waals surface area contributed by atoms with Gasteiger partial charge < -0.3 is 25.5 Å². The number of halogens is 3. The molecule has 1 aliphatic rings. The summed E-state index contributed by atoms with van der Waals surface area (Å²) in [5, 5.41) is 34.4. The molecule has 1 fully saturated rings. The van der Waals surface area contributed by atoms with Gasteiger partial charge in [0, 0.05) is 36.3 Å². The number of aliphatic hydroxyl groups is 3. The van der Waals surface area contributed by atoms with E-state index in [9.17, 15) is 33.3 Å². The molecule has 11 heteroatoms. The SMILES string of the molecule is C=C(CC1(O)CCN(C(=O)c2ccc(NC(O)(O)c3cccc4scnc34)cc2)CC1)C(F)(F)F. The van der Waals surface area contributed by atoms with E-state index in [2.05, 4.69) is 16.9 Å². The van der Waals surface area contributed by atoms with Gasteiger partial charge in [0.05, 0.1) is 26.9 Å². The van der Waals surface area contributed by atoms with Gasteiger partial charge in [-0.1, -0.05) is 12.6 Å². The minimum atomic E-state index is -4.56. The molecule has 35 heavy (non-hydrogen) atoms. The van der Waals surface area contributed by atoms with Crippen molar-refractivity contribution in [3.8, 4) is 0 Å². The number of fused-ring (bicyclic) bond motifs is 1. The lowest BCUT2D eigenvalue weighted by Gasteiger charge is -2.38. The number of carbonyl (C=O) groups is 1. The van der Waals surface area contributed by atoms with Gasteiger partial charge in [-0.3, -0.25) is 4.79 Å². The highest BCUT2D eigenvalue weighted by Crippen LogP contribution is 2.36. The molecular formula is C24H24F3N3O4S. The molecule has 0 aliphatic carbocycles. The third-order valence-electron chi connectivity index (χ3n) is 6.11. The van der Waals surface area contributed by atoms with E-state index < -0.39 is 29.7 Å². The topological polar surface area (TPSA) is 106 Å². The summed E-state index contributed by atoms with van der Waals surface area (Å²) in [5.74, 6) is -2.74. The third-order valence-corrected chi connectivity index (χ3v) is 6.91.